The summed E-state index contributed by atoms with van der Waals surface area (Å²) < 4.78 is 0.698. The second-order valence-corrected chi connectivity index (χ2v) is 10.1. The molecule has 182 valence electrons. The molecule has 2 aromatic rings. The second kappa shape index (κ2) is 10.8. The number of thioether (sulfide) groups is 2. The van der Waals surface area contributed by atoms with Crippen molar-refractivity contribution in [3.63, 3.8) is 0 Å². The van der Waals surface area contributed by atoms with E-state index in [-0.39, 0.29) is 29.7 Å². The van der Waals surface area contributed by atoms with Crippen molar-refractivity contribution >= 4 is 64.2 Å². The van der Waals surface area contributed by atoms with Gasteiger partial charge in [0.1, 0.15) is 35.0 Å². The van der Waals surface area contributed by atoms with Crippen LogP contribution in [-0.2, 0) is 19.2 Å². The molecule has 4 N–H and O–H groups in total. The average molecular weight is 535 g/mol. The monoisotopic (exact) mass is 534 g/mol. The number of nitrogens with two attached hydrogens (primary N) is 1. The minimum atomic E-state index is -1.21. The fourth-order valence-electron chi connectivity index (χ4n) is 3.20. The standard InChI is InChI=1S/C19H18N8O5S3/c1-2-5-32-26-11(14-21-4-3-10(20)23-14)15(28)24-12-16(29)27-13(18(30)31)9(6-33-17(12)27)7-34-19-25-22-8-35-19/h2-4,8,12,17H,1,5-7H2,(H,24,28)(H,30,31)(H2,20,21,23)/t12?,17-/m0/s1. The summed E-state index contributed by atoms with van der Waals surface area (Å²) in [5.41, 5.74) is 7.49. The number of β-lactam (4-membered cyclic amide) rings is 1. The van der Waals surface area contributed by atoms with Crippen molar-refractivity contribution in [2.45, 2.75) is 15.8 Å². The number of fused-ring (bicyclic) bond motifs is 1. The van der Waals surface area contributed by atoms with Crippen molar-refractivity contribution in [2.75, 3.05) is 23.8 Å². The van der Waals surface area contributed by atoms with Gasteiger partial charge in [0.05, 0.1) is 0 Å². The number of nitrogens with one attached hydrogen (secondary N) is 1. The van der Waals surface area contributed by atoms with Crippen molar-refractivity contribution in [3.05, 3.63) is 47.5 Å². The SMILES string of the molecule is C=CCON=C(C(=O)NC1C(=O)N2C(C(=O)O)=C(CSc3nncs3)CS[C@@H]12)c1nccc(N)n1. The summed E-state index contributed by atoms with van der Waals surface area (Å²) in [6, 6.07) is 0.473. The Balaban J connectivity index is 1.50. The maximum absolute atomic E-state index is 13.0. The first-order chi connectivity index (χ1) is 16.9. The third-order valence-electron chi connectivity index (χ3n) is 4.70. The van der Waals surface area contributed by atoms with E-state index in [4.69, 9.17) is 10.6 Å². The molecule has 16 heteroatoms. The number of rotatable bonds is 10. The fraction of sp³-hybridized carbons (Fsp3) is 0.263. The van der Waals surface area contributed by atoms with E-state index in [9.17, 15) is 19.5 Å². The second-order valence-electron chi connectivity index (χ2n) is 6.94. The van der Waals surface area contributed by atoms with Crippen LogP contribution in [0.1, 0.15) is 5.82 Å². The lowest BCUT2D eigenvalue weighted by molar-refractivity contribution is -0.150. The lowest BCUT2D eigenvalue weighted by Gasteiger charge is -2.49. The van der Waals surface area contributed by atoms with Gasteiger partial charge in [0.2, 0.25) is 5.71 Å². The van der Waals surface area contributed by atoms with Crippen molar-refractivity contribution < 1.29 is 24.3 Å². The van der Waals surface area contributed by atoms with Crippen molar-refractivity contribution in [1.82, 2.24) is 30.4 Å². The maximum atomic E-state index is 13.0. The summed E-state index contributed by atoms with van der Waals surface area (Å²) in [6.07, 6.45) is 2.79. The average Bonchev–Trinajstić information content (AvgIpc) is 3.36. The Morgan fingerprint density at radius 2 is 2.31 bits per heavy atom. The van der Waals surface area contributed by atoms with E-state index in [0.29, 0.717) is 21.4 Å². The molecule has 2 aliphatic heterocycles. The number of oxime groups is 1. The zero-order valence-electron chi connectivity index (χ0n) is 17.9. The van der Waals surface area contributed by atoms with Crippen LogP contribution in [0.3, 0.4) is 0 Å². The van der Waals surface area contributed by atoms with Crippen LogP contribution in [0.4, 0.5) is 5.82 Å². The number of carboxylic acid groups (broad SMARTS) is 1. The predicted molar refractivity (Wildman–Crippen MR) is 129 cm³/mol. The summed E-state index contributed by atoms with van der Waals surface area (Å²) in [6.45, 7) is 3.54. The lowest BCUT2D eigenvalue weighted by Crippen LogP contribution is -2.71. The molecule has 0 aliphatic carbocycles. The third kappa shape index (κ3) is 5.28. The van der Waals surface area contributed by atoms with Crippen molar-refractivity contribution in [2.24, 2.45) is 5.16 Å². The lowest BCUT2D eigenvalue weighted by atomic mass is 10.0. The van der Waals surface area contributed by atoms with Gasteiger partial charge >= 0.3 is 5.97 Å². The van der Waals surface area contributed by atoms with Gasteiger partial charge < -0.3 is 21.0 Å². The van der Waals surface area contributed by atoms with Crippen LogP contribution in [0.2, 0.25) is 0 Å². The van der Waals surface area contributed by atoms with E-state index >= 15 is 0 Å². The highest BCUT2D eigenvalue weighted by molar-refractivity contribution is 8.01. The number of nitrogens with zero attached hydrogens (tertiary/aromatic N) is 6. The number of aromatic nitrogens is 4. The van der Waals surface area contributed by atoms with Crippen molar-refractivity contribution in [3.8, 4) is 0 Å². The highest BCUT2D eigenvalue weighted by atomic mass is 32.2. The molecular formula is C19H18N8O5S3. The molecule has 0 bridgehead atoms. The predicted octanol–water partition coefficient (Wildman–Crippen LogP) is 0.348. The highest BCUT2D eigenvalue weighted by Crippen LogP contribution is 2.41. The number of nitrogen functional groups attached to an aromatic ring is 1. The fourth-order valence-corrected chi connectivity index (χ4v) is 6.18. The zero-order chi connectivity index (χ0) is 24.9. The summed E-state index contributed by atoms with van der Waals surface area (Å²) in [5.74, 6) is -1.79. The van der Waals surface area contributed by atoms with Gasteiger partial charge in [0.25, 0.3) is 11.8 Å². The number of aliphatic carboxylic acids is 1. The molecule has 0 radical (unpaired) electrons. The molecule has 2 aromatic heterocycles. The molecular weight excluding hydrogens is 516 g/mol. The van der Waals surface area contributed by atoms with Crippen molar-refractivity contribution in [1.29, 1.82) is 0 Å². The molecule has 1 fully saturated rings. The molecule has 4 rings (SSSR count). The Hall–Kier alpha value is -3.50. The largest absolute Gasteiger partial charge is 0.477 e. The van der Waals surface area contributed by atoms with E-state index in [0.717, 1.165) is 0 Å². The molecule has 0 saturated carbocycles. The summed E-state index contributed by atoms with van der Waals surface area (Å²) in [5, 5.41) is 23.3. The van der Waals surface area contributed by atoms with Gasteiger partial charge in [-0.15, -0.1) is 22.0 Å². The first-order valence-electron chi connectivity index (χ1n) is 9.90. The minimum Gasteiger partial charge on any atom is -0.477 e. The van der Waals surface area contributed by atoms with Gasteiger partial charge in [0, 0.05) is 17.7 Å². The Kier molecular flexibility index (Phi) is 7.62. The van der Waals surface area contributed by atoms with E-state index < -0.39 is 29.2 Å². The molecule has 4 heterocycles. The third-order valence-corrected chi connectivity index (χ3v) is 7.98. The van der Waals surface area contributed by atoms with E-state index in [1.165, 1.54) is 58.1 Å². The number of carboxylic acids is 1. The number of carbonyl (C=O) groups is 3. The van der Waals surface area contributed by atoms with Gasteiger partial charge in [0.15, 0.2) is 10.2 Å². The topological polar surface area (TPSA) is 186 Å². The maximum Gasteiger partial charge on any atom is 0.352 e. The Morgan fingerprint density at radius 1 is 1.49 bits per heavy atom. The molecule has 2 atom stereocenters. The molecule has 35 heavy (non-hydrogen) atoms. The van der Waals surface area contributed by atoms with Crippen LogP contribution < -0.4 is 11.1 Å². The number of carbonyl (C=O) groups excluding carboxylic acids is 2. The number of amides is 2. The number of hydrogen-bond donors (Lipinski definition) is 3. The molecule has 0 spiro atoms. The van der Waals surface area contributed by atoms with E-state index in [1.54, 1.807) is 5.51 Å². The Bertz CT molecular complexity index is 1220. The van der Waals surface area contributed by atoms with Gasteiger partial charge in [-0.2, -0.15) is 0 Å². The molecule has 2 aliphatic rings. The molecule has 0 aromatic carbocycles. The van der Waals surface area contributed by atoms with Crippen LogP contribution in [-0.4, -0.2) is 83.2 Å². The summed E-state index contributed by atoms with van der Waals surface area (Å²) >= 11 is 4.04. The molecule has 13 nitrogen and oxygen atoms in total. The first-order valence-corrected chi connectivity index (χ1v) is 12.8. The summed E-state index contributed by atoms with van der Waals surface area (Å²) in [7, 11) is 0. The van der Waals surface area contributed by atoms with E-state index in [2.05, 4.69) is 37.2 Å². The van der Waals surface area contributed by atoms with Gasteiger partial charge in [-0.3, -0.25) is 14.5 Å². The van der Waals surface area contributed by atoms with Gasteiger partial charge in [-0.05, 0) is 11.6 Å². The molecule has 1 saturated heterocycles. The normalized spacial score (nSPS) is 19.6. The quantitative estimate of drug-likeness (QED) is 0.0949. The first kappa shape index (κ1) is 24.6. The molecule has 1 unspecified atom stereocenters. The van der Waals surface area contributed by atoms with Crippen LogP contribution in [0.25, 0.3) is 0 Å². The minimum absolute atomic E-state index is 0.0261. The van der Waals surface area contributed by atoms with Gasteiger partial charge in [-0.25, -0.2) is 14.8 Å². The van der Waals surface area contributed by atoms with E-state index in [1.807, 2.05) is 0 Å². The zero-order valence-corrected chi connectivity index (χ0v) is 20.3. The highest BCUT2D eigenvalue weighted by Gasteiger charge is 2.54. The smallest absolute Gasteiger partial charge is 0.352 e. The van der Waals surface area contributed by atoms with Crippen LogP contribution in [0.15, 0.2) is 51.2 Å². The van der Waals surface area contributed by atoms with Crippen LogP contribution >= 0.6 is 34.9 Å². The van der Waals surface area contributed by atoms with Gasteiger partial charge in [-0.1, -0.05) is 40.9 Å². The Labute approximate surface area is 210 Å². The van der Waals surface area contributed by atoms with Crippen LogP contribution in [0.5, 0.6) is 0 Å². The number of anilines is 1. The Morgan fingerprint density at radius 3 is 3.00 bits per heavy atom. The summed E-state index contributed by atoms with van der Waals surface area (Å²) in [4.78, 5) is 52.1. The molecule has 2 amide bonds. The number of hydrogen-bond acceptors (Lipinski definition) is 13. The van der Waals surface area contributed by atoms with Crippen LogP contribution in [0, 0.1) is 0 Å².